The number of rotatable bonds is 10. The lowest BCUT2D eigenvalue weighted by Gasteiger charge is -2.21. The number of carbonyl (C=O) groups excluding carboxylic acids is 1. The quantitative estimate of drug-likeness (QED) is 0.411. The third-order valence-corrected chi connectivity index (χ3v) is 3.95. The van der Waals surface area contributed by atoms with Gasteiger partial charge in [-0.1, -0.05) is 64.7 Å². The average molecular weight is 254 g/mol. The smallest absolute Gasteiger partial charge is 0.305 e. The largest absolute Gasteiger partial charge is 0.465 e. The van der Waals surface area contributed by atoms with E-state index in [1.54, 1.807) is 0 Å². The van der Waals surface area contributed by atoms with Crippen LogP contribution in [0.15, 0.2) is 0 Å². The number of hydrogen-bond acceptors (Lipinski definition) is 2. The predicted octanol–water partition coefficient (Wildman–Crippen LogP) is 4.86. The highest BCUT2D eigenvalue weighted by atomic mass is 16.5. The van der Waals surface area contributed by atoms with Crippen molar-refractivity contribution in [2.75, 3.05) is 6.61 Å². The molecule has 1 aliphatic heterocycles. The third kappa shape index (κ3) is 7.73. The Morgan fingerprint density at radius 2 is 1.61 bits per heavy atom. The fraction of sp³-hybridized carbons (Fsp3) is 0.938. The van der Waals surface area contributed by atoms with E-state index in [9.17, 15) is 4.79 Å². The minimum absolute atomic E-state index is 0.00155. The Morgan fingerprint density at radius 3 is 2.17 bits per heavy atom. The van der Waals surface area contributed by atoms with Crippen molar-refractivity contribution < 1.29 is 9.53 Å². The van der Waals surface area contributed by atoms with Crippen LogP contribution in [-0.2, 0) is 9.53 Å². The summed E-state index contributed by atoms with van der Waals surface area (Å²) in [4.78, 5) is 10.9. The van der Waals surface area contributed by atoms with E-state index < -0.39 is 0 Å². The molecule has 0 aromatic rings. The first kappa shape index (κ1) is 15.5. The van der Waals surface area contributed by atoms with E-state index in [-0.39, 0.29) is 5.97 Å². The van der Waals surface area contributed by atoms with Gasteiger partial charge in [-0.05, 0) is 18.8 Å². The fourth-order valence-electron chi connectivity index (χ4n) is 2.66. The van der Waals surface area contributed by atoms with Crippen molar-refractivity contribution in [1.29, 1.82) is 0 Å². The molecule has 1 fully saturated rings. The van der Waals surface area contributed by atoms with Crippen LogP contribution in [0.3, 0.4) is 0 Å². The number of hydrogen-bond donors (Lipinski definition) is 0. The molecular weight excluding hydrogens is 224 g/mol. The van der Waals surface area contributed by atoms with Crippen LogP contribution in [0.25, 0.3) is 0 Å². The van der Waals surface area contributed by atoms with Gasteiger partial charge in [-0.15, -0.1) is 0 Å². The lowest BCUT2D eigenvalue weighted by atomic mass is 9.95. The van der Waals surface area contributed by atoms with Gasteiger partial charge >= 0.3 is 5.97 Å². The van der Waals surface area contributed by atoms with Crippen molar-refractivity contribution in [3.05, 3.63) is 0 Å². The summed E-state index contributed by atoms with van der Waals surface area (Å²) in [6.45, 7) is 2.94. The number of carbonyl (C=O) groups is 1. The van der Waals surface area contributed by atoms with E-state index in [0.717, 1.165) is 6.42 Å². The molecule has 0 bridgehead atoms. The van der Waals surface area contributed by atoms with Gasteiger partial charge in [0, 0.05) is 6.42 Å². The molecule has 1 saturated heterocycles. The van der Waals surface area contributed by atoms with Gasteiger partial charge < -0.3 is 4.74 Å². The summed E-state index contributed by atoms with van der Waals surface area (Å²) in [7, 11) is 0. The molecule has 0 aliphatic carbocycles. The highest BCUT2D eigenvalue weighted by molar-refractivity contribution is 5.69. The summed E-state index contributed by atoms with van der Waals surface area (Å²) in [6.07, 6.45) is 15.4. The van der Waals surface area contributed by atoms with Gasteiger partial charge in [-0.25, -0.2) is 0 Å². The maximum absolute atomic E-state index is 10.9. The van der Waals surface area contributed by atoms with E-state index in [0.29, 0.717) is 18.9 Å². The van der Waals surface area contributed by atoms with Crippen LogP contribution < -0.4 is 0 Å². The molecule has 2 nitrogen and oxygen atoms in total. The molecule has 1 rings (SSSR count). The molecule has 0 aromatic heterocycles. The summed E-state index contributed by atoms with van der Waals surface area (Å²) in [5, 5.41) is 0. The molecule has 2 heteroatoms. The first-order valence-electron chi connectivity index (χ1n) is 7.98. The van der Waals surface area contributed by atoms with E-state index in [1.165, 1.54) is 64.2 Å². The second-order valence-electron chi connectivity index (χ2n) is 5.70. The zero-order valence-corrected chi connectivity index (χ0v) is 12.1. The molecule has 1 atom stereocenters. The third-order valence-electron chi connectivity index (χ3n) is 3.95. The normalized spacial score (nSPS) is 19.8. The molecule has 0 aromatic carbocycles. The van der Waals surface area contributed by atoms with Gasteiger partial charge in [0.05, 0.1) is 6.61 Å². The number of cyclic esters (lactones) is 1. The maximum atomic E-state index is 10.9. The van der Waals surface area contributed by atoms with Crippen molar-refractivity contribution in [3.8, 4) is 0 Å². The average Bonchev–Trinajstić information content (AvgIpc) is 2.39. The SMILES string of the molecule is CCCCCCCCCCCC1CCC(=O)OC1. The fourth-order valence-corrected chi connectivity index (χ4v) is 2.66. The standard InChI is InChI=1S/C16H30O2/c1-2-3-4-5-6-7-8-9-10-11-15-12-13-16(17)18-14-15/h15H,2-14H2,1H3. The highest BCUT2D eigenvalue weighted by Gasteiger charge is 2.18. The Labute approximate surface area is 112 Å². The Kier molecular flexibility index (Phi) is 8.97. The molecule has 18 heavy (non-hydrogen) atoms. The van der Waals surface area contributed by atoms with Crippen LogP contribution in [0.2, 0.25) is 0 Å². The van der Waals surface area contributed by atoms with Crippen molar-refractivity contribution >= 4 is 5.97 Å². The highest BCUT2D eigenvalue weighted by Crippen LogP contribution is 2.21. The second kappa shape index (κ2) is 10.4. The van der Waals surface area contributed by atoms with Gasteiger partial charge in [-0.2, -0.15) is 0 Å². The molecule has 0 amide bonds. The predicted molar refractivity (Wildman–Crippen MR) is 75.5 cm³/mol. The number of esters is 1. The van der Waals surface area contributed by atoms with Gasteiger partial charge in [-0.3, -0.25) is 4.79 Å². The summed E-state index contributed by atoms with van der Waals surface area (Å²) in [5.41, 5.74) is 0. The maximum Gasteiger partial charge on any atom is 0.305 e. The van der Waals surface area contributed by atoms with Crippen LogP contribution in [0, 0.1) is 5.92 Å². The molecule has 0 saturated carbocycles. The van der Waals surface area contributed by atoms with Gasteiger partial charge in [0.2, 0.25) is 0 Å². The molecular formula is C16H30O2. The van der Waals surface area contributed by atoms with Gasteiger partial charge in [0.25, 0.3) is 0 Å². The Balaban J connectivity index is 1.80. The molecule has 1 aliphatic rings. The molecule has 1 unspecified atom stereocenters. The summed E-state index contributed by atoms with van der Waals surface area (Å²) in [6, 6.07) is 0. The monoisotopic (exact) mass is 254 g/mol. The minimum atomic E-state index is -0.00155. The zero-order valence-electron chi connectivity index (χ0n) is 12.1. The molecule has 1 heterocycles. The van der Waals surface area contributed by atoms with E-state index in [4.69, 9.17) is 4.74 Å². The Hall–Kier alpha value is -0.530. The van der Waals surface area contributed by atoms with E-state index in [2.05, 4.69) is 6.92 Å². The van der Waals surface area contributed by atoms with Gasteiger partial charge in [0.15, 0.2) is 0 Å². The molecule has 0 spiro atoms. The summed E-state index contributed by atoms with van der Waals surface area (Å²) in [5.74, 6) is 0.644. The van der Waals surface area contributed by atoms with Crippen LogP contribution in [0.1, 0.15) is 84.0 Å². The lowest BCUT2D eigenvalue weighted by Crippen LogP contribution is -2.21. The summed E-state index contributed by atoms with van der Waals surface area (Å²) < 4.78 is 5.08. The topological polar surface area (TPSA) is 26.3 Å². The Morgan fingerprint density at radius 1 is 1.00 bits per heavy atom. The van der Waals surface area contributed by atoms with Crippen LogP contribution >= 0.6 is 0 Å². The number of unbranched alkanes of at least 4 members (excludes halogenated alkanes) is 8. The second-order valence-corrected chi connectivity index (χ2v) is 5.70. The van der Waals surface area contributed by atoms with E-state index in [1.807, 2.05) is 0 Å². The molecule has 0 N–H and O–H groups in total. The number of ether oxygens (including phenoxy) is 1. The van der Waals surface area contributed by atoms with Crippen molar-refractivity contribution in [2.45, 2.75) is 84.0 Å². The lowest BCUT2D eigenvalue weighted by molar-refractivity contribution is -0.149. The minimum Gasteiger partial charge on any atom is -0.465 e. The zero-order chi connectivity index (χ0) is 13.1. The van der Waals surface area contributed by atoms with Crippen molar-refractivity contribution in [2.24, 2.45) is 5.92 Å². The van der Waals surface area contributed by atoms with Crippen molar-refractivity contribution in [3.63, 3.8) is 0 Å². The van der Waals surface area contributed by atoms with Crippen molar-refractivity contribution in [1.82, 2.24) is 0 Å². The van der Waals surface area contributed by atoms with E-state index >= 15 is 0 Å². The first-order chi connectivity index (χ1) is 8.83. The molecule has 0 radical (unpaired) electrons. The van der Waals surface area contributed by atoms with Gasteiger partial charge in [0.1, 0.15) is 0 Å². The van der Waals surface area contributed by atoms with Crippen LogP contribution in [-0.4, -0.2) is 12.6 Å². The first-order valence-corrected chi connectivity index (χ1v) is 7.98. The van der Waals surface area contributed by atoms with Crippen LogP contribution in [0.4, 0.5) is 0 Å². The summed E-state index contributed by atoms with van der Waals surface area (Å²) >= 11 is 0. The van der Waals surface area contributed by atoms with Crippen LogP contribution in [0.5, 0.6) is 0 Å². The molecule has 106 valence electrons. The Bertz CT molecular complexity index is 203.